The number of benzene rings is 2. The number of aromatic hydroxyl groups is 1. The SMILES string of the molecule is [2H]c1cc(O)ccc1-c1cc(=O)c2ccccc2o1. The first-order chi connectivity index (χ1) is 9.15. The molecule has 0 amide bonds. The van der Waals surface area contributed by atoms with Crippen LogP contribution in [0.1, 0.15) is 1.37 Å². The molecule has 0 saturated heterocycles. The van der Waals surface area contributed by atoms with E-state index in [4.69, 9.17) is 5.79 Å². The second-order valence-electron chi connectivity index (χ2n) is 3.93. The van der Waals surface area contributed by atoms with Crippen LogP contribution in [-0.2, 0) is 0 Å². The minimum absolute atomic E-state index is 0.0110. The zero-order chi connectivity index (χ0) is 13.4. The molecule has 0 radical (unpaired) electrons. The molecule has 1 N–H and O–H groups in total. The lowest BCUT2D eigenvalue weighted by Crippen LogP contribution is -1.99. The molecule has 3 aromatic rings. The highest BCUT2D eigenvalue weighted by Crippen LogP contribution is 2.23. The molecular formula is C15H10O3. The number of hydrogen-bond donors (Lipinski definition) is 1. The Balaban J connectivity index is 2.28. The Bertz CT molecular complexity index is 821. The molecule has 0 atom stereocenters. The van der Waals surface area contributed by atoms with Crippen molar-refractivity contribution in [3.05, 3.63) is 64.8 Å². The van der Waals surface area contributed by atoms with Crippen LogP contribution in [0.3, 0.4) is 0 Å². The van der Waals surface area contributed by atoms with E-state index in [1.807, 2.05) is 0 Å². The van der Waals surface area contributed by atoms with Gasteiger partial charge in [-0.3, -0.25) is 4.79 Å². The lowest BCUT2D eigenvalue weighted by molar-refractivity contribution is 0.475. The molecule has 3 nitrogen and oxygen atoms in total. The second kappa shape index (κ2) is 4.04. The van der Waals surface area contributed by atoms with Crippen LogP contribution >= 0.6 is 0 Å². The van der Waals surface area contributed by atoms with E-state index < -0.39 is 0 Å². The Morgan fingerprint density at radius 3 is 2.78 bits per heavy atom. The van der Waals surface area contributed by atoms with Crippen LogP contribution in [0.5, 0.6) is 5.75 Å². The Kier molecular flexibility index (Phi) is 2.12. The largest absolute Gasteiger partial charge is 0.508 e. The minimum Gasteiger partial charge on any atom is -0.508 e. The first-order valence-electron chi connectivity index (χ1n) is 5.98. The van der Waals surface area contributed by atoms with Crippen molar-refractivity contribution < 1.29 is 10.9 Å². The van der Waals surface area contributed by atoms with Crippen molar-refractivity contribution in [3.8, 4) is 17.1 Å². The molecule has 0 saturated carbocycles. The molecule has 2 aromatic carbocycles. The van der Waals surface area contributed by atoms with Gasteiger partial charge in [-0.2, -0.15) is 0 Å². The standard InChI is InChI=1S/C15H10O3/c16-11-7-5-10(6-8-11)15-9-13(17)12-3-1-2-4-14(12)18-15/h1-9,16H/i5D. The normalized spacial score (nSPS) is 11.4. The van der Waals surface area contributed by atoms with Crippen LogP contribution < -0.4 is 5.43 Å². The Morgan fingerprint density at radius 1 is 1.11 bits per heavy atom. The third-order valence-electron chi connectivity index (χ3n) is 2.70. The van der Waals surface area contributed by atoms with Gasteiger partial charge in [-0.25, -0.2) is 0 Å². The predicted octanol–water partition coefficient (Wildman–Crippen LogP) is 3.17. The van der Waals surface area contributed by atoms with Crippen LogP contribution in [0.15, 0.2) is 63.8 Å². The Morgan fingerprint density at radius 2 is 1.94 bits per heavy atom. The number of phenols is 1. The average Bonchev–Trinajstić information content (AvgIpc) is 2.38. The van der Waals surface area contributed by atoms with Gasteiger partial charge in [0.2, 0.25) is 0 Å². The average molecular weight is 239 g/mol. The van der Waals surface area contributed by atoms with Gasteiger partial charge in [0.15, 0.2) is 5.43 Å². The van der Waals surface area contributed by atoms with Crippen molar-refractivity contribution in [2.75, 3.05) is 0 Å². The molecule has 3 rings (SSSR count). The summed E-state index contributed by atoms with van der Waals surface area (Å²) >= 11 is 0. The zero-order valence-electron chi connectivity index (χ0n) is 10.4. The highest BCUT2D eigenvalue weighted by Gasteiger charge is 2.06. The van der Waals surface area contributed by atoms with Crippen molar-refractivity contribution in [2.45, 2.75) is 0 Å². The molecule has 0 unspecified atom stereocenters. The van der Waals surface area contributed by atoms with E-state index in [-0.39, 0.29) is 17.2 Å². The van der Waals surface area contributed by atoms with Crippen molar-refractivity contribution >= 4 is 11.0 Å². The second-order valence-corrected chi connectivity index (χ2v) is 3.93. The fourth-order valence-corrected chi connectivity index (χ4v) is 1.81. The van der Waals surface area contributed by atoms with Crippen LogP contribution in [0.2, 0.25) is 0 Å². The van der Waals surface area contributed by atoms with E-state index in [1.54, 1.807) is 30.3 Å². The van der Waals surface area contributed by atoms with E-state index in [0.717, 1.165) is 0 Å². The summed E-state index contributed by atoms with van der Waals surface area (Å²) in [5.74, 6) is 0.339. The van der Waals surface area contributed by atoms with Gasteiger partial charge in [-0.05, 0) is 36.4 Å². The summed E-state index contributed by atoms with van der Waals surface area (Å²) in [6.45, 7) is 0. The van der Waals surface area contributed by atoms with Crippen LogP contribution in [0.4, 0.5) is 0 Å². The summed E-state index contributed by atoms with van der Waals surface area (Å²) in [6.07, 6.45) is 0. The van der Waals surface area contributed by atoms with Crippen molar-refractivity contribution in [3.63, 3.8) is 0 Å². The molecule has 1 aromatic heterocycles. The highest BCUT2D eigenvalue weighted by molar-refractivity contribution is 5.78. The zero-order valence-corrected chi connectivity index (χ0v) is 9.38. The summed E-state index contributed by atoms with van der Waals surface area (Å²) in [6, 6.07) is 12.8. The molecule has 0 spiro atoms. The maximum Gasteiger partial charge on any atom is 0.193 e. The summed E-state index contributed by atoms with van der Waals surface area (Å²) < 4.78 is 13.5. The number of phenolic OH excluding ortho intramolecular Hbond substituents is 1. The van der Waals surface area contributed by atoms with Crippen LogP contribution in [-0.4, -0.2) is 5.11 Å². The molecule has 88 valence electrons. The van der Waals surface area contributed by atoms with Gasteiger partial charge in [0.25, 0.3) is 0 Å². The molecular weight excluding hydrogens is 228 g/mol. The number of fused-ring (bicyclic) bond motifs is 1. The van der Waals surface area contributed by atoms with Gasteiger partial charge in [-0.1, -0.05) is 12.1 Å². The molecule has 18 heavy (non-hydrogen) atoms. The third kappa shape index (κ3) is 1.76. The summed E-state index contributed by atoms with van der Waals surface area (Å²) in [5.41, 5.74) is 0.808. The van der Waals surface area contributed by atoms with Crippen molar-refractivity contribution in [1.29, 1.82) is 0 Å². The number of para-hydroxylation sites is 1. The molecule has 0 aliphatic heterocycles. The lowest BCUT2D eigenvalue weighted by atomic mass is 10.1. The van der Waals surface area contributed by atoms with E-state index in [2.05, 4.69) is 0 Å². The third-order valence-corrected chi connectivity index (χ3v) is 2.70. The highest BCUT2D eigenvalue weighted by atomic mass is 16.3. The summed E-state index contributed by atoms with van der Waals surface area (Å²) in [4.78, 5) is 12.0. The summed E-state index contributed by atoms with van der Waals surface area (Å²) in [5, 5.41) is 9.81. The van der Waals surface area contributed by atoms with E-state index >= 15 is 0 Å². The van der Waals surface area contributed by atoms with Crippen LogP contribution in [0, 0.1) is 0 Å². The fourth-order valence-electron chi connectivity index (χ4n) is 1.81. The smallest absolute Gasteiger partial charge is 0.193 e. The number of hydrogen-bond acceptors (Lipinski definition) is 3. The van der Waals surface area contributed by atoms with Gasteiger partial charge in [0.1, 0.15) is 17.1 Å². The quantitative estimate of drug-likeness (QED) is 0.709. The first kappa shape index (κ1) is 9.48. The van der Waals surface area contributed by atoms with Gasteiger partial charge in [0, 0.05) is 11.6 Å². The fraction of sp³-hybridized carbons (Fsp3) is 0. The molecule has 1 heterocycles. The van der Waals surface area contributed by atoms with Crippen molar-refractivity contribution in [2.24, 2.45) is 0 Å². The molecule has 0 bridgehead atoms. The maximum atomic E-state index is 12.0. The van der Waals surface area contributed by atoms with Gasteiger partial charge in [0.05, 0.1) is 6.76 Å². The lowest BCUT2D eigenvalue weighted by Gasteiger charge is -2.03. The Hall–Kier alpha value is -2.55. The summed E-state index contributed by atoms with van der Waals surface area (Å²) in [7, 11) is 0. The Labute approximate surface area is 104 Å². The topological polar surface area (TPSA) is 50.4 Å². The molecule has 0 aliphatic carbocycles. The maximum absolute atomic E-state index is 12.0. The minimum atomic E-state index is -0.149. The molecule has 0 aliphatic rings. The predicted molar refractivity (Wildman–Crippen MR) is 69.6 cm³/mol. The van der Waals surface area contributed by atoms with Crippen LogP contribution in [0.25, 0.3) is 22.3 Å². The van der Waals surface area contributed by atoms with E-state index in [1.165, 1.54) is 18.2 Å². The van der Waals surface area contributed by atoms with Gasteiger partial charge in [-0.15, -0.1) is 0 Å². The van der Waals surface area contributed by atoms with E-state index in [9.17, 15) is 9.90 Å². The monoisotopic (exact) mass is 239 g/mol. The van der Waals surface area contributed by atoms with Gasteiger partial charge >= 0.3 is 0 Å². The van der Waals surface area contributed by atoms with Gasteiger partial charge < -0.3 is 9.52 Å². The molecule has 0 fully saturated rings. The first-order valence-corrected chi connectivity index (χ1v) is 5.48. The van der Waals surface area contributed by atoms with Crippen molar-refractivity contribution in [1.82, 2.24) is 0 Å². The van der Waals surface area contributed by atoms with E-state index in [0.29, 0.717) is 22.3 Å². The number of rotatable bonds is 1. The molecule has 3 heteroatoms.